The third-order valence-corrected chi connectivity index (χ3v) is 1.57. The van der Waals surface area contributed by atoms with E-state index < -0.39 is 23.2 Å². The van der Waals surface area contributed by atoms with Gasteiger partial charge in [-0.15, -0.1) is 0 Å². The van der Waals surface area contributed by atoms with Crippen LogP contribution in [-0.2, 0) is 0 Å². The Kier molecular flexibility index (Phi) is 2.28. The standard InChI is InChI=1S/C7H3ClF2O2/c8-3-1-2-4(9)6(10)5(3)7(11)12/h1-2H,(H,11,12). The second kappa shape index (κ2) is 3.06. The fourth-order valence-corrected chi connectivity index (χ4v) is 0.950. The summed E-state index contributed by atoms with van der Waals surface area (Å²) in [6.45, 7) is 0. The molecule has 0 saturated heterocycles. The molecule has 0 spiro atoms. The number of hydrogen-bond acceptors (Lipinski definition) is 1. The molecule has 0 unspecified atom stereocenters. The number of carbonyl (C=O) groups is 1. The molecule has 5 heteroatoms. The van der Waals surface area contributed by atoms with Gasteiger partial charge in [-0.3, -0.25) is 0 Å². The Labute approximate surface area is 71.4 Å². The van der Waals surface area contributed by atoms with Crippen molar-refractivity contribution in [1.82, 2.24) is 0 Å². The Morgan fingerprint density at radius 2 is 2.00 bits per heavy atom. The maximum Gasteiger partial charge on any atom is 0.340 e. The zero-order chi connectivity index (χ0) is 9.30. The van der Waals surface area contributed by atoms with Crippen LogP contribution in [0, 0.1) is 11.6 Å². The van der Waals surface area contributed by atoms with Gasteiger partial charge in [-0.25, -0.2) is 13.6 Å². The van der Waals surface area contributed by atoms with Crippen molar-refractivity contribution in [3.05, 3.63) is 34.4 Å². The molecular weight excluding hydrogens is 190 g/mol. The van der Waals surface area contributed by atoms with Crippen LogP contribution < -0.4 is 0 Å². The van der Waals surface area contributed by atoms with Gasteiger partial charge in [0.25, 0.3) is 0 Å². The Hall–Kier alpha value is -1.16. The summed E-state index contributed by atoms with van der Waals surface area (Å²) in [5.74, 6) is -4.25. The van der Waals surface area contributed by atoms with Crippen molar-refractivity contribution < 1.29 is 18.7 Å². The van der Waals surface area contributed by atoms with Crippen molar-refractivity contribution in [1.29, 1.82) is 0 Å². The summed E-state index contributed by atoms with van der Waals surface area (Å²) in [7, 11) is 0. The highest BCUT2D eigenvalue weighted by Gasteiger charge is 2.18. The summed E-state index contributed by atoms with van der Waals surface area (Å²) in [4.78, 5) is 10.3. The number of carboxylic acid groups (broad SMARTS) is 1. The lowest BCUT2D eigenvalue weighted by atomic mass is 10.2. The predicted octanol–water partition coefficient (Wildman–Crippen LogP) is 2.32. The zero-order valence-corrected chi connectivity index (χ0v) is 6.40. The highest BCUT2D eigenvalue weighted by atomic mass is 35.5. The SMILES string of the molecule is O=C(O)c1c(Cl)ccc(F)c1F. The maximum absolute atomic E-state index is 12.7. The Bertz CT molecular complexity index is 338. The van der Waals surface area contributed by atoms with E-state index in [0.717, 1.165) is 12.1 Å². The number of benzene rings is 1. The molecule has 64 valence electrons. The summed E-state index contributed by atoms with van der Waals surface area (Å²) in [6.07, 6.45) is 0. The first-order chi connectivity index (χ1) is 5.54. The molecule has 1 aromatic carbocycles. The molecule has 12 heavy (non-hydrogen) atoms. The van der Waals surface area contributed by atoms with Gasteiger partial charge in [0.15, 0.2) is 11.6 Å². The number of hydrogen-bond donors (Lipinski definition) is 1. The molecule has 0 aliphatic carbocycles. The van der Waals surface area contributed by atoms with Gasteiger partial charge in [-0.2, -0.15) is 0 Å². The second-order valence-electron chi connectivity index (χ2n) is 2.02. The van der Waals surface area contributed by atoms with E-state index in [-0.39, 0.29) is 5.02 Å². The molecule has 0 amide bonds. The van der Waals surface area contributed by atoms with E-state index in [9.17, 15) is 13.6 Å². The Balaban J connectivity index is 3.43. The van der Waals surface area contributed by atoms with E-state index in [1.165, 1.54) is 0 Å². The lowest BCUT2D eigenvalue weighted by Crippen LogP contribution is -2.03. The van der Waals surface area contributed by atoms with Crippen LogP contribution in [0.15, 0.2) is 12.1 Å². The second-order valence-corrected chi connectivity index (χ2v) is 2.43. The molecule has 0 atom stereocenters. The topological polar surface area (TPSA) is 37.3 Å². The highest BCUT2D eigenvalue weighted by molar-refractivity contribution is 6.33. The molecule has 0 saturated carbocycles. The molecule has 1 rings (SSSR count). The molecule has 0 aromatic heterocycles. The lowest BCUT2D eigenvalue weighted by Gasteiger charge is -1.99. The quantitative estimate of drug-likeness (QED) is 0.694. The van der Waals surface area contributed by atoms with Gasteiger partial charge in [-0.05, 0) is 12.1 Å². The van der Waals surface area contributed by atoms with Crippen molar-refractivity contribution in [2.75, 3.05) is 0 Å². The van der Waals surface area contributed by atoms with Crippen LogP contribution in [0.4, 0.5) is 8.78 Å². The first kappa shape index (κ1) is 8.93. The first-order valence-electron chi connectivity index (χ1n) is 2.91. The average molecular weight is 193 g/mol. The smallest absolute Gasteiger partial charge is 0.340 e. The summed E-state index contributed by atoms with van der Waals surface area (Å²) in [5, 5.41) is 8.06. The van der Waals surface area contributed by atoms with E-state index in [0.29, 0.717) is 0 Å². The molecule has 0 aliphatic heterocycles. The van der Waals surface area contributed by atoms with E-state index in [1.54, 1.807) is 0 Å². The van der Waals surface area contributed by atoms with Crippen LogP contribution in [0.5, 0.6) is 0 Å². The third-order valence-electron chi connectivity index (χ3n) is 1.26. The van der Waals surface area contributed by atoms with Crippen molar-refractivity contribution in [2.45, 2.75) is 0 Å². The predicted molar refractivity (Wildman–Crippen MR) is 38.3 cm³/mol. The van der Waals surface area contributed by atoms with Gasteiger partial charge in [0, 0.05) is 0 Å². The van der Waals surface area contributed by atoms with Gasteiger partial charge < -0.3 is 5.11 Å². The lowest BCUT2D eigenvalue weighted by molar-refractivity contribution is 0.0691. The van der Waals surface area contributed by atoms with Crippen molar-refractivity contribution in [2.24, 2.45) is 0 Å². The third kappa shape index (κ3) is 1.38. The summed E-state index contributed by atoms with van der Waals surface area (Å²) < 4.78 is 25.1. The molecule has 0 aliphatic rings. The molecule has 0 radical (unpaired) electrons. The summed E-state index contributed by atoms with van der Waals surface area (Å²) >= 11 is 5.31. The zero-order valence-electron chi connectivity index (χ0n) is 5.64. The van der Waals surface area contributed by atoms with Crippen molar-refractivity contribution in [3.63, 3.8) is 0 Å². The molecular formula is C7H3ClF2O2. The molecule has 1 aromatic rings. The van der Waals surface area contributed by atoms with E-state index in [4.69, 9.17) is 16.7 Å². The van der Waals surface area contributed by atoms with Crippen LogP contribution in [0.1, 0.15) is 10.4 Å². The fourth-order valence-electron chi connectivity index (χ4n) is 0.723. The van der Waals surface area contributed by atoms with E-state index >= 15 is 0 Å². The van der Waals surface area contributed by atoms with Crippen LogP contribution in [0.25, 0.3) is 0 Å². The van der Waals surface area contributed by atoms with Crippen LogP contribution in [-0.4, -0.2) is 11.1 Å². The monoisotopic (exact) mass is 192 g/mol. The number of carboxylic acids is 1. The van der Waals surface area contributed by atoms with Gasteiger partial charge in [-0.1, -0.05) is 11.6 Å². The largest absolute Gasteiger partial charge is 0.478 e. The van der Waals surface area contributed by atoms with E-state index in [2.05, 4.69) is 0 Å². The van der Waals surface area contributed by atoms with Gasteiger partial charge in [0.2, 0.25) is 0 Å². The Morgan fingerprint density at radius 3 is 2.42 bits per heavy atom. The van der Waals surface area contributed by atoms with Crippen LogP contribution >= 0.6 is 11.6 Å². The molecule has 0 fully saturated rings. The normalized spacial score (nSPS) is 9.92. The maximum atomic E-state index is 12.7. The minimum atomic E-state index is -1.59. The van der Waals surface area contributed by atoms with Crippen molar-refractivity contribution in [3.8, 4) is 0 Å². The average Bonchev–Trinajstić information content (AvgIpc) is 1.97. The molecule has 2 nitrogen and oxygen atoms in total. The van der Waals surface area contributed by atoms with Crippen molar-refractivity contribution >= 4 is 17.6 Å². The minimum Gasteiger partial charge on any atom is -0.478 e. The highest BCUT2D eigenvalue weighted by Crippen LogP contribution is 2.21. The Morgan fingerprint density at radius 1 is 1.42 bits per heavy atom. The number of aromatic carboxylic acids is 1. The van der Waals surface area contributed by atoms with Gasteiger partial charge >= 0.3 is 5.97 Å². The summed E-state index contributed by atoms with van der Waals surface area (Å²) in [6, 6.07) is 1.76. The van der Waals surface area contributed by atoms with Gasteiger partial charge in [0.05, 0.1) is 5.02 Å². The van der Waals surface area contributed by atoms with Crippen LogP contribution in [0.2, 0.25) is 5.02 Å². The molecule has 1 N–H and O–H groups in total. The fraction of sp³-hybridized carbons (Fsp3) is 0. The minimum absolute atomic E-state index is 0.318. The van der Waals surface area contributed by atoms with E-state index in [1.807, 2.05) is 0 Å². The molecule has 0 bridgehead atoms. The summed E-state index contributed by atoms with van der Waals surface area (Å²) in [5.41, 5.74) is -0.836. The number of rotatable bonds is 1. The van der Waals surface area contributed by atoms with Crippen LogP contribution in [0.3, 0.4) is 0 Å². The van der Waals surface area contributed by atoms with Gasteiger partial charge in [0.1, 0.15) is 5.56 Å². The first-order valence-corrected chi connectivity index (χ1v) is 3.28. The molecule has 0 heterocycles. The number of halogens is 3.